The first kappa shape index (κ1) is 21.4. The molecule has 0 radical (unpaired) electrons. The fraction of sp³-hybridized carbons (Fsp3) is 0.700. The summed E-state index contributed by atoms with van der Waals surface area (Å²) in [6, 6.07) is 2.99. The maximum absolute atomic E-state index is 9.56. The van der Waals surface area contributed by atoms with Gasteiger partial charge in [0, 0.05) is 6.07 Å². The van der Waals surface area contributed by atoms with Crippen molar-refractivity contribution in [3.63, 3.8) is 0 Å². The lowest BCUT2D eigenvalue weighted by Gasteiger charge is -2.09. The minimum absolute atomic E-state index is 0.00533. The number of hydrogen-bond acceptors (Lipinski definition) is 2. The van der Waals surface area contributed by atoms with Gasteiger partial charge in [-0.1, -0.05) is 101 Å². The van der Waals surface area contributed by atoms with Crippen LogP contribution in [0.5, 0.6) is 11.5 Å². The summed E-state index contributed by atoms with van der Waals surface area (Å²) in [6.45, 7) is 2.89. The smallest absolute Gasteiger partial charge is 0.141 e. The molecule has 4 heteroatoms. The van der Waals surface area contributed by atoms with Crippen LogP contribution < -0.4 is 4.74 Å². The third-order valence-electron chi connectivity index (χ3n) is 4.26. The molecule has 0 aliphatic heterocycles. The second-order valence-corrected chi connectivity index (χ2v) is 7.29. The van der Waals surface area contributed by atoms with E-state index in [9.17, 15) is 5.11 Å². The molecule has 0 amide bonds. The van der Waals surface area contributed by atoms with Crippen LogP contribution in [0.2, 0.25) is 10.0 Å². The van der Waals surface area contributed by atoms with Crippen LogP contribution in [0.1, 0.15) is 84.0 Å². The van der Waals surface area contributed by atoms with E-state index >= 15 is 0 Å². The number of phenolic OH excluding ortho intramolecular Hbond substituents is 1. The van der Waals surface area contributed by atoms with Crippen LogP contribution in [-0.2, 0) is 0 Å². The lowest BCUT2D eigenvalue weighted by molar-refractivity contribution is 0.303. The van der Waals surface area contributed by atoms with Crippen LogP contribution in [0.4, 0.5) is 0 Å². The average Bonchev–Trinajstić information content (AvgIpc) is 2.56. The molecule has 0 unspecified atom stereocenters. The number of phenols is 1. The van der Waals surface area contributed by atoms with Crippen molar-refractivity contribution in [3.05, 3.63) is 22.2 Å². The summed E-state index contributed by atoms with van der Waals surface area (Å²) in [5.74, 6) is 0.507. The Labute approximate surface area is 157 Å². The zero-order chi connectivity index (χ0) is 17.6. The van der Waals surface area contributed by atoms with Crippen LogP contribution in [0.15, 0.2) is 12.1 Å². The zero-order valence-corrected chi connectivity index (χ0v) is 16.5. The summed E-state index contributed by atoms with van der Waals surface area (Å²) in [5.41, 5.74) is 0. The van der Waals surface area contributed by atoms with Crippen molar-refractivity contribution < 1.29 is 9.84 Å². The molecule has 0 bridgehead atoms. The predicted molar refractivity (Wildman–Crippen MR) is 105 cm³/mol. The van der Waals surface area contributed by atoms with Gasteiger partial charge >= 0.3 is 0 Å². The van der Waals surface area contributed by atoms with Crippen molar-refractivity contribution in [1.82, 2.24) is 0 Å². The largest absolute Gasteiger partial charge is 0.506 e. The minimum atomic E-state index is 0.00533. The monoisotopic (exact) mass is 374 g/mol. The molecule has 0 aliphatic rings. The van der Waals surface area contributed by atoms with Crippen molar-refractivity contribution in [2.24, 2.45) is 0 Å². The van der Waals surface area contributed by atoms with Gasteiger partial charge in [0.15, 0.2) is 0 Å². The minimum Gasteiger partial charge on any atom is -0.506 e. The molecule has 1 aromatic rings. The SMILES string of the molecule is CCCCCCCCCCCCCCOc1cc(O)c(Cl)cc1Cl. The van der Waals surface area contributed by atoms with Gasteiger partial charge in [0.05, 0.1) is 16.7 Å². The Kier molecular flexibility index (Phi) is 12.2. The van der Waals surface area contributed by atoms with E-state index in [4.69, 9.17) is 27.9 Å². The van der Waals surface area contributed by atoms with E-state index in [2.05, 4.69) is 6.92 Å². The fourth-order valence-electron chi connectivity index (χ4n) is 2.75. The molecule has 138 valence electrons. The fourth-order valence-corrected chi connectivity index (χ4v) is 3.19. The molecule has 0 aliphatic carbocycles. The molecule has 0 saturated heterocycles. The molecule has 24 heavy (non-hydrogen) atoms. The summed E-state index contributed by atoms with van der Waals surface area (Å²) in [6.07, 6.45) is 15.8. The molecule has 1 aromatic carbocycles. The molecule has 0 spiro atoms. The summed E-state index contributed by atoms with van der Waals surface area (Å²) in [5, 5.41) is 10.2. The van der Waals surface area contributed by atoms with Crippen molar-refractivity contribution in [3.8, 4) is 11.5 Å². The zero-order valence-electron chi connectivity index (χ0n) is 15.0. The predicted octanol–water partition coefficient (Wildman–Crippen LogP) is 7.78. The highest BCUT2D eigenvalue weighted by Gasteiger charge is 2.07. The van der Waals surface area contributed by atoms with Crippen molar-refractivity contribution in [1.29, 1.82) is 0 Å². The molecule has 0 aromatic heterocycles. The third-order valence-corrected chi connectivity index (χ3v) is 4.85. The first-order valence-corrected chi connectivity index (χ1v) is 10.2. The summed E-state index contributed by atoms with van der Waals surface area (Å²) in [7, 11) is 0. The van der Waals surface area contributed by atoms with Crippen LogP contribution in [0, 0.1) is 0 Å². The molecule has 0 atom stereocenters. The number of benzene rings is 1. The highest BCUT2D eigenvalue weighted by atomic mass is 35.5. The van der Waals surface area contributed by atoms with E-state index in [1.54, 1.807) is 0 Å². The Morgan fingerprint density at radius 2 is 1.25 bits per heavy atom. The Bertz CT molecular complexity index is 450. The molecular weight excluding hydrogens is 343 g/mol. The first-order chi connectivity index (χ1) is 11.6. The maximum atomic E-state index is 9.56. The molecule has 0 heterocycles. The second-order valence-electron chi connectivity index (χ2n) is 6.47. The lowest BCUT2D eigenvalue weighted by atomic mass is 10.1. The van der Waals surface area contributed by atoms with Crippen LogP contribution in [0.25, 0.3) is 0 Å². The molecule has 1 N–H and O–H groups in total. The highest BCUT2D eigenvalue weighted by Crippen LogP contribution is 2.34. The topological polar surface area (TPSA) is 29.5 Å². The van der Waals surface area contributed by atoms with Crippen LogP contribution in [-0.4, -0.2) is 11.7 Å². The van der Waals surface area contributed by atoms with Gasteiger partial charge in [0.1, 0.15) is 11.5 Å². The van der Waals surface area contributed by atoms with Gasteiger partial charge in [0.25, 0.3) is 0 Å². The van der Waals surface area contributed by atoms with Gasteiger partial charge < -0.3 is 9.84 Å². The van der Waals surface area contributed by atoms with Crippen molar-refractivity contribution in [2.45, 2.75) is 84.0 Å². The first-order valence-electron chi connectivity index (χ1n) is 9.46. The van der Waals surface area contributed by atoms with Crippen LogP contribution in [0.3, 0.4) is 0 Å². The number of halogens is 2. The van der Waals surface area contributed by atoms with E-state index in [1.165, 1.54) is 82.8 Å². The Hall–Kier alpha value is -0.600. The number of aromatic hydroxyl groups is 1. The van der Waals surface area contributed by atoms with Crippen LogP contribution >= 0.6 is 23.2 Å². The summed E-state index contributed by atoms with van der Waals surface area (Å²) < 4.78 is 5.61. The van der Waals surface area contributed by atoms with Crippen molar-refractivity contribution in [2.75, 3.05) is 6.61 Å². The number of unbranched alkanes of at least 4 members (excludes halogenated alkanes) is 11. The van der Waals surface area contributed by atoms with Gasteiger partial charge in [-0.05, 0) is 12.5 Å². The number of rotatable bonds is 14. The summed E-state index contributed by atoms with van der Waals surface area (Å²) in [4.78, 5) is 0. The molecule has 0 fully saturated rings. The quantitative estimate of drug-likeness (QED) is 0.336. The van der Waals surface area contributed by atoms with E-state index in [-0.39, 0.29) is 10.8 Å². The van der Waals surface area contributed by atoms with E-state index in [0.29, 0.717) is 17.4 Å². The third kappa shape index (κ3) is 9.64. The number of ether oxygens (including phenoxy) is 1. The molecular formula is C20H32Cl2O2. The van der Waals surface area contributed by atoms with Gasteiger partial charge in [0.2, 0.25) is 0 Å². The van der Waals surface area contributed by atoms with E-state index < -0.39 is 0 Å². The van der Waals surface area contributed by atoms with E-state index in [1.807, 2.05) is 0 Å². The van der Waals surface area contributed by atoms with Gasteiger partial charge in [-0.2, -0.15) is 0 Å². The molecule has 0 saturated carbocycles. The molecule has 2 nitrogen and oxygen atoms in total. The Morgan fingerprint density at radius 1 is 0.750 bits per heavy atom. The van der Waals surface area contributed by atoms with Gasteiger partial charge in [-0.15, -0.1) is 0 Å². The summed E-state index contributed by atoms with van der Waals surface area (Å²) >= 11 is 11.8. The second kappa shape index (κ2) is 13.7. The normalized spacial score (nSPS) is 11.0. The van der Waals surface area contributed by atoms with E-state index in [0.717, 1.165) is 6.42 Å². The Balaban J connectivity index is 1.93. The standard InChI is InChI=1S/C20H32Cl2O2/c1-2-3-4-5-6-7-8-9-10-11-12-13-14-24-20-16-19(23)17(21)15-18(20)22/h15-16,23H,2-14H2,1H3. The molecule has 1 rings (SSSR count). The maximum Gasteiger partial charge on any atom is 0.141 e. The Morgan fingerprint density at radius 3 is 1.79 bits per heavy atom. The average molecular weight is 375 g/mol. The highest BCUT2D eigenvalue weighted by molar-refractivity contribution is 6.36. The van der Waals surface area contributed by atoms with Gasteiger partial charge in [-0.25, -0.2) is 0 Å². The van der Waals surface area contributed by atoms with Gasteiger partial charge in [-0.3, -0.25) is 0 Å². The van der Waals surface area contributed by atoms with Crippen molar-refractivity contribution >= 4 is 23.2 Å². The lowest BCUT2D eigenvalue weighted by Crippen LogP contribution is -1.98. The number of hydrogen-bond donors (Lipinski definition) is 1.